The lowest BCUT2D eigenvalue weighted by Crippen LogP contribution is -1.93. The Kier molecular flexibility index (Phi) is 2.54. The van der Waals surface area contributed by atoms with Gasteiger partial charge in [-0.2, -0.15) is 21.0 Å². The summed E-state index contributed by atoms with van der Waals surface area (Å²) < 4.78 is 0. The molecule has 1 aromatic rings. The van der Waals surface area contributed by atoms with E-state index in [1.807, 2.05) is 0 Å². The lowest BCUT2D eigenvalue weighted by molar-refractivity contribution is 0.471. The second-order valence-corrected chi connectivity index (χ2v) is 2.52. The Hall–Kier alpha value is -3.02. The summed E-state index contributed by atoms with van der Waals surface area (Å²) in [5.74, 6) is -0.615. The molecule has 0 radical (unpaired) electrons. The Morgan fingerprint density at radius 3 is 1.47 bits per heavy atom. The summed E-state index contributed by atoms with van der Waals surface area (Å²) in [6, 6.07) is 7.66. The fourth-order valence-corrected chi connectivity index (χ4v) is 1.07. The van der Waals surface area contributed by atoms with Crippen molar-refractivity contribution >= 4 is 0 Å². The molecule has 0 aromatic heterocycles. The van der Waals surface area contributed by atoms with Crippen LogP contribution in [0.15, 0.2) is 6.07 Å². The van der Waals surface area contributed by atoms with E-state index in [0.29, 0.717) is 0 Å². The Morgan fingerprint density at radius 2 is 1.20 bits per heavy atom. The molecule has 1 N–H and O–H groups in total. The monoisotopic (exact) mass is 194 g/mol. The van der Waals surface area contributed by atoms with Crippen molar-refractivity contribution in [3.63, 3.8) is 0 Å². The Balaban J connectivity index is 3.80. The smallest absolute Gasteiger partial charge is 0.153 e. The van der Waals surface area contributed by atoms with Gasteiger partial charge in [0.2, 0.25) is 0 Å². The number of hydrogen-bond donors (Lipinski definition) is 1. The molecule has 0 bridgehead atoms. The van der Waals surface area contributed by atoms with Crippen LogP contribution in [0.2, 0.25) is 0 Å². The molecule has 0 aliphatic heterocycles. The standard InChI is InChI=1S/C10H2N4O/c11-2-6-1-7(3-12)9(5-14)10(15)8(6)4-13/h1,15H. The maximum Gasteiger partial charge on any atom is 0.153 e. The molecule has 0 fully saturated rings. The van der Waals surface area contributed by atoms with Crippen molar-refractivity contribution in [2.45, 2.75) is 0 Å². The Bertz CT molecular complexity index is 540. The molecule has 1 rings (SSSR count). The van der Waals surface area contributed by atoms with Crippen molar-refractivity contribution in [1.29, 1.82) is 21.0 Å². The summed E-state index contributed by atoms with van der Waals surface area (Å²) in [5.41, 5.74) is -0.808. The van der Waals surface area contributed by atoms with Gasteiger partial charge in [-0.25, -0.2) is 0 Å². The minimum Gasteiger partial charge on any atom is -0.505 e. The molecule has 0 amide bonds. The van der Waals surface area contributed by atoms with Gasteiger partial charge in [-0.05, 0) is 6.07 Å². The third-order valence-corrected chi connectivity index (χ3v) is 1.77. The van der Waals surface area contributed by atoms with Crippen molar-refractivity contribution in [2.75, 3.05) is 0 Å². The molecule has 0 aliphatic rings. The topological polar surface area (TPSA) is 115 Å². The number of hydrogen-bond acceptors (Lipinski definition) is 5. The molecule has 68 valence electrons. The Labute approximate surface area is 85.3 Å². The van der Waals surface area contributed by atoms with Crippen LogP contribution < -0.4 is 0 Å². The van der Waals surface area contributed by atoms with Crippen LogP contribution in [0.25, 0.3) is 0 Å². The summed E-state index contributed by atoms with van der Waals surface area (Å²) in [4.78, 5) is 0. The predicted octanol–water partition coefficient (Wildman–Crippen LogP) is 0.879. The average Bonchev–Trinajstić information content (AvgIpc) is 2.27. The van der Waals surface area contributed by atoms with Crippen LogP contribution in [0.3, 0.4) is 0 Å². The van der Waals surface area contributed by atoms with Gasteiger partial charge in [0.05, 0.1) is 11.1 Å². The molecular formula is C10H2N4O. The second kappa shape index (κ2) is 3.79. The highest BCUT2D eigenvalue weighted by Crippen LogP contribution is 2.27. The van der Waals surface area contributed by atoms with E-state index in [-0.39, 0.29) is 22.3 Å². The first-order valence-electron chi connectivity index (χ1n) is 3.70. The lowest BCUT2D eigenvalue weighted by atomic mass is 9.99. The van der Waals surface area contributed by atoms with E-state index in [9.17, 15) is 5.11 Å². The minimum absolute atomic E-state index is 0.120. The number of nitriles is 4. The van der Waals surface area contributed by atoms with E-state index in [1.165, 1.54) is 0 Å². The van der Waals surface area contributed by atoms with E-state index < -0.39 is 5.75 Å². The highest BCUT2D eigenvalue weighted by molar-refractivity contribution is 5.65. The van der Waals surface area contributed by atoms with E-state index in [1.54, 1.807) is 24.3 Å². The molecule has 1 aromatic carbocycles. The summed E-state index contributed by atoms with van der Waals surface area (Å²) in [6.45, 7) is 0. The third kappa shape index (κ3) is 1.42. The normalized spacial score (nSPS) is 8.00. The van der Waals surface area contributed by atoms with Crippen LogP contribution >= 0.6 is 0 Å². The van der Waals surface area contributed by atoms with Crippen LogP contribution in [0.5, 0.6) is 5.75 Å². The molecule has 15 heavy (non-hydrogen) atoms. The Morgan fingerprint density at radius 1 is 0.800 bits per heavy atom. The summed E-state index contributed by atoms with van der Waals surface area (Å²) in [5, 5.41) is 44.1. The molecule has 5 nitrogen and oxygen atoms in total. The predicted molar refractivity (Wildman–Crippen MR) is 47.0 cm³/mol. The number of benzene rings is 1. The SMILES string of the molecule is N#Cc1cc(C#N)c(C#N)c(O)c1C#N. The number of phenols is 1. The van der Waals surface area contributed by atoms with E-state index >= 15 is 0 Å². The largest absolute Gasteiger partial charge is 0.505 e. The molecule has 0 spiro atoms. The van der Waals surface area contributed by atoms with Gasteiger partial charge >= 0.3 is 0 Å². The van der Waals surface area contributed by atoms with Crippen LogP contribution in [-0.2, 0) is 0 Å². The van der Waals surface area contributed by atoms with E-state index in [2.05, 4.69) is 0 Å². The summed E-state index contributed by atoms with van der Waals surface area (Å²) >= 11 is 0. The first kappa shape index (κ1) is 10.1. The molecule has 5 heteroatoms. The second-order valence-electron chi connectivity index (χ2n) is 2.52. The number of rotatable bonds is 0. The van der Waals surface area contributed by atoms with Crippen molar-refractivity contribution in [3.8, 4) is 30.0 Å². The first-order valence-corrected chi connectivity index (χ1v) is 3.70. The van der Waals surface area contributed by atoms with Gasteiger partial charge in [0.15, 0.2) is 5.75 Å². The maximum absolute atomic E-state index is 9.47. The van der Waals surface area contributed by atoms with Gasteiger partial charge in [-0.1, -0.05) is 0 Å². The van der Waals surface area contributed by atoms with Gasteiger partial charge in [0.1, 0.15) is 35.4 Å². The third-order valence-electron chi connectivity index (χ3n) is 1.77. The molecule has 0 atom stereocenters. The van der Waals surface area contributed by atoms with Crippen LogP contribution in [0.1, 0.15) is 22.3 Å². The molecule has 0 saturated carbocycles. The summed E-state index contributed by atoms with van der Waals surface area (Å²) in [6.07, 6.45) is 0. The highest BCUT2D eigenvalue weighted by atomic mass is 16.3. The van der Waals surface area contributed by atoms with Crippen LogP contribution in [0, 0.1) is 45.3 Å². The van der Waals surface area contributed by atoms with Gasteiger partial charge in [-0.3, -0.25) is 0 Å². The number of nitrogens with zero attached hydrogens (tertiary/aromatic N) is 4. The average molecular weight is 194 g/mol. The molecule has 0 unspecified atom stereocenters. The molecule has 0 saturated heterocycles. The van der Waals surface area contributed by atoms with Crippen LogP contribution in [-0.4, -0.2) is 5.11 Å². The van der Waals surface area contributed by atoms with E-state index in [4.69, 9.17) is 21.0 Å². The minimum atomic E-state index is -0.615. The summed E-state index contributed by atoms with van der Waals surface area (Å²) in [7, 11) is 0. The maximum atomic E-state index is 9.47. The lowest BCUT2D eigenvalue weighted by Gasteiger charge is -2.02. The highest BCUT2D eigenvalue weighted by Gasteiger charge is 2.17. The molecular weight excluding hydrogens is 192 g/mol. The zero-order chi connectivity index (χ0) is 11.4. The first-order chi connectivity index (χ1) is 7.19. The van der Waals surface area contributed by atoms with E-state index in [0.717, 1.165) is 6.07 Å². The van der Waals surface area contributed by atoms with Crippen molar-refractivity contribution in [2.24, 2.45) is 0 Å². The quantitative estimate of drug-likeness (QED) is 0.657. The van der Waals surface area contributed by atoms with Gasteiger partial charge in [-0.15, -0.1) is 0 Å². The van der Waals surface area contributed by atoms with Crippen molar-refractivity contribution in [3.05, 3.63) is 28.3 Å². The van der Waals surface area contributed by atoms with Gasteiger partial charge in [0.25, 0.3) is 0 Å². The molecule has 0 heterocycles. The fourth-order valence-electron chi connectivity index (χ4n) is 1.07. The zero-order valence-electron chi connectivity index (χ0n) is 7.31. The molecule has 0 aliphatic carbocycles. The van der Waals surface area contributed by atoms with Gasteiger partial charge in [0, 0.05) is 0 Å². The van der Waals surface area contributed by atoms with Gasteiger partial charge < -0.3 is 5.11 Å². The fraction of sp³-hybridized carbons (Fsp3) is 0. The van der Waals surface area contributed by atoms with Crippen LogP contribution in [0.4, 0.5) is 0 Å². The number of aromatic hydroxyl groups is 1. The zero-order valence-corrected chi connectivity index (χ0v) is 7.31. The van der Waals surface area contributed by atoms with Crippen molar-refractivity contribution < 1.29 is 5.11 Å². The number of phenolic OH excluding ortho intramolecular Hbond substituents is 1. The van der Waals surface area contributed by atoms with Crippen molar-refractivity contribution in [1.82, 2.24) is 0 Å².